The molecule has 1 spiro atoms. The molecule has 4 amide bonds. The maximum Gasteiger partial charge on any atom is 0.289 e. The topological polar surface area (TPSA) is 166 Å². The number of benzene rings is 1. The van der Waals surface area contributed by atoms with Crippen molar-refractivity contribution in [3.05, 3.63) is 34.9 Å². The molecule has 2 aliphatic heterocycles. The molecule has 0 aromatic heterocycles. The Kier molecular flexibility index (Phi) is 10.0. The molecule has 4 atom stereocenters. The van der Waals surface area contributed by atoms with Crippen LogP contribution < -0.4 is 16.0 Å². The minimum absolute atomic E-state index is 0.0151. The van der Waals surface area contributed by atoms with Crippen molar-refractivity contribution in [2.24, 2.45) is 10.6 Å². The van der Waals surface area contributed by atoms with E-state index in [-0.39, 0.29) is 31.8 Å². The number of hydrogen-bond donors (Lipinski definition) is 4. The first-order valence-corrected chi connectivity index (χ1v) is 17.0. The summed E-state index contributed by atoms with van der Waals surface area (Å²) in [6.07, 6.45) is 4.77. The largest absolute Gasteiger partial charge is 0.387 e. The Morgan fingerprint density at radius 3 is 2.45 bits per heavy atom. The van der Waals surface area contributed by atoms with Gasteiger partial charge in [0.2, 0.25) is 17.6 Å². The summed E-state index contributed by atoms with van der Waals surface area (Å²) in [7, 11) is 0. The Bertz CT molecular complexity index is 1450. The summed E-state index contributed by atoms with van der Waals surface area (Å²) in [4.78, 5) is 75.1. The molecule has 1 aromatic carbocycles. The summed E-state index contributed by atoms with van der Waals surface area (Å²) in [6, 6.07) is 3.88. The Balaban J connectivity index is 1.41. The van der Waals surface area contributed by atoms with E-state index in [9.17, 15) is 29.1 Å². The number of hydrogen-bond acceptors (Lipinski definition) is 8. The molecular weight excluding hydrogens is 626 g/mol. The number of amides is 4. The highest BCUT2D eigenvalue weighted by Crippen LogP contribution is 2.40. The van der Waals surface area contributed by atoms with Gasteiger partial charge in [-0.15, -0.1) is 0 Å². The zero-order chi connectivity index (χ0) is 34.1. The van der Waals surface area contributed by atoms with E-state index in [0.717, 1.165) is 18.4 Å². The lowest BCUT2D eigenvalue weighted by Gasteiger charge is -2.37. The number of nitrogens with one attached hydrogen (secondary N) is 3. The van der Waals surface area contributed by atoms with Gasteiger partial charge in [-0.1, -0.05) is 63.0 Å². The fraction of sp³-hybridized carbons (Fsp3) is 0.647. The second kappa shape index (κ2) is 13.5. The van der Waals surface area contributed by atoms with Crippen LogP contribution in [-0.2, 0) is 28.8 Å². The number of nitrogens with zero attached hydrogens (tertiary/aromatic N) is 2. The van der Waals surface area contributed by atoms with E-state index in [1.807, 2.05) is 13.0 Å². The summed E-state index contributed by atoms with van der Waals surface area (Å²) in [5, 5.41) is 24.1. The Hall–Kier alpha value is -3.51. The van der Waals surface area contributed by atoms with Crippen LogP contribution >= 0.6 is 11.6 Å². The van der Waals surface area contributed by atoms with Crippen molar-refractivity contribution in [3.63, 3.8) is 0 Å². The molecule has 3 fully saturated rings. The Labute approximate surface area is 280 Å². The molecule has 5 rings (SSSR count). The molecule has 13 heteroatoms. The molecule has 47 heavy (non-hydrogen) atoms. The van der Waals surface area contributed by atoms with Crippen molar-refractivity contribution < 1.29 is 33.9 Å². The summed E-state index contributed by atoms with van der Waals surface area (Å²) in [5.41, 5.74) is -2.05. The third-order valence-corrected chi connectivity index (χ3v) is 9.81. The van der Waals surface area contributed by atoms with Gasteiger partial charge in [-0.05, 0) is 62.5 Å². The van der Waals surface area contributed by atoms with Crippen LogP contribution in [-0.4, -0.2) is 87.0 Å². The normalized spacial score (nSPS) is 24.7. The highest BCUT2D eigenvalue weighted by atomic mass is 35.5. The summed E-state index contributed by atoms with van der Waals surface area (Å²) < 4.78 is 0. The molecule has 4 aliphatic rings. The predicted molar refractivity (Wildman–Crippen MR) is 174 cm³/mol. The first kappa shape index (κ1) is 34.8. The molecule has 1 saturated heterocycles. The summed E-state index contributed by atoms with van der Waals surface area (Å²) in [5.74, 6) is -3.20. The fourth-order valence-electron chi connectivity index (χ4n) is 6.69. The predicted octanol–water partition coefficient (Wildman–Crippen LogP) is 2.77. The third kappa shape index (κ3) is 7.80. The van der Waals surface area contributed by atoms with Gasteiger partial charge in [0.15, 0.2) is 5.60 Å². The molecule has 12 nitrogen and oxygen atoms in total. The minimum atomic E-state index is -1.56. The van der Waals surface area contributed by atoms with Crippen LogP contribution in [0.2, 0.25) is 5.02 Å². The lowest BCUT2D eigenvalue weighted by Crippen LogP contribution is -2.61. The molecule has 256 valence electrons. The number of carbonyl (C=O) groups is 5. The quantitative estimate of drug-likeness (QED) is 0.263. The van der Waals surface area contributed by atoms with Gasteiger partial charge in [0.05, 0.1) is 18.3 Å². The van der Waals surface area contributed by atoms with E-state index in [2.05, 4.69) is 21.1 Å². The maximum atomic E-state index is 14.5. The number of halogens is 1. The molecule has 4 N–H and O–H groups in total. The number of likely N-dealkylation sites (tertiary alicyclic amines) is 1. The maximum absolute atomic E-state index is 14.5. The van der Waals surface area contributed by atoms with Crippen LogP contribution in [0.5, 0.6) is 0 Å². The van der Waals surface area contributed by atoms with Gasteiger partial charge >= 0.3 is 0 Å². The molecule has 2 heterocycles. The van der Waals surface area contributed by atoms with Crippen LogP contribution in [0.25, 0.3) is 0 Å². The summed E-state index contributed by atoms with van der Waals surface area (Å²) in [6.45, 7) is 7.24. The number of oxime groups is 1. The van der Waals surface area contributed by atoms with Gasteiger partial charge in [-0.3, -0.25) is 24.0 Å². The fourth-order valence-corrected chi connectivity index (χ4v) is 6.88. The van der Waals surface area contributed by atoms with Crippen molar-refractivity contribution in [2.75, 3.05) is 6.54 Å². The molecule has 2 saturated carbocycles. The van der Waals surface area contributed by atoms with Gasteiger partial charge in [0.25, 0.3) is 11.8 Å². The first-order chi connectivity index (χ1) is 22.1. The number of carbonyl (C=O) groups excluding carboxylic acids is 5. The molecule has 1 aromatic rings. The van der Waals surface area contributed by atoms with E-state index >= 15 is 0 Å². The SMILES string of the molecule is CCCC(NC(=O)C1CC2(CC(c3cccc(Cl)c3)=NO2)CN1C(=O)C(NC(=O)C1(O)CCCC1)C(C)(C)C)C(=O)C(=O)NC1CC1. The van der Waals surface area contributed by atoms with E-state index in [0.29, 0.717) is 42.8 Å². The van der Waals surface area contributed by atoms with Crippen molar-refractivity contribution in [2.45, 2.75) is 127 Å². The van der Waals surface area contributed by atoms with Gasteiger partial charge in [0, 0.05) is 29.5 Å². The van der Waals surface area contributed by atoms with Crippen molar-refractivity contribution in [1.82, 2.24) is 20.9 Å². The lowest BCUT2D eigenvalue weighted by atomic mass is 9.84. The second-order valence-corrected chi connectivity index (χ2v) is 15.1. The third-order valence-electron chi connectivity index (χ3n) is 9.57. The van der Waals surface area contributed by atoms with Crippen LogP contribution in [0.1, 0.15) is 97.5 Å². The number of Topliss-reactive ketones (excluding diaryl/α,β-unsaturated/α-hetero) is 1. The van der Waals surface area contributed by atoms with E-state index in [4.69, 9.17) is 16.4 Å². The molecule has 2 aliphatic carbocycles. The van der Waals surface area contributed by atoms with Gasteiger partial charge in [-0.25, -0.2) is 0 Å². The van der Waals surface area contributed by atoms with Crippen molar-refractivity contribution in [3.8, 4) is 0 Å². The van der Waals surface area contributed by atoms with E-state index in [1.54, 1.807) is 39.0 Å². The average molecular weight is 672 g/mol. The highest BCUT2D eigenvalue weighted by Gasteiger charge is 2.56. The van der Waals surface area contributed by atoms with Gasteiger partial charge in [0.1, 0.15) is 17.7 Å². The molecule has 4 unspecified atom stereocenters. The first-order valence-electron chi connectivity index (χ1n) is 16.6. The van der Waals surface area contributed by atoms with Crippen LogP contribution in [0, 0.1) is 5.41 Å². The average Bonchev–Trinajstić information content (AvgIpc) is 3.38. The smallest absolute Gasteiger partial charge is 0.289 e. The van der Waals surface area contributed by atoms with E-state index < -0.39 is 64.2 Å². The molecular formula is C34H46ClN5O7. The number of aliphatic hydroxyl groups is 1. The van der Waals surface area contributed by atoms with Crippen LogP contribution in [0.15, 0.2) is 29.4 Å². The van der Waals surface area contributed by atoms with Gasteiger partial charge in [-0.2, -0.15) is 0 Å². The lowest BCUT2D eigenvalue weighted by molar-refractivity contribution is -0.149. The minimum Gasteiger partial charge on any atom is -0.387 e. The zero-order valence-electron chi connectivity index (χ0n) is 27.6. The monoisotopic (exact) mass is 671 g/mol. The van der Waals surface area contributed by atoms with E-state index in [1.165, 1.54) is 4.90 Å². The highest BCUT2D eigenvalue weighted by molar-refractivity contribution is 6.38. The van der Waals surface area contributed by atoms with Crippen molar-refractivity contribution >= 4 is 46.7 Å². The van der Waals surface area contributed by atoms with Gasteiger partial charge < -0.3 is 30.8 Å². The zero-order valence-corrected chi connectivity index (χ0v) is 28.3. The number of ketones is 1. The standard InChI is InChI=1S/C34H46ClN5O7/c1-5-9-23(26(41)29(43)36-22-12-13-22)37-28(42)25-18-33(17-24(39-47-33)20-10-8-11-21(35)16-20)19-40(25)30(44)27(32(2,3)4)38-31(45)34(46)14-6-7-15-34/h8,10-11,16,22-23,25,27,46H,5-7,9,12-15,17-19H2,1-4H3,(H,36,43)(H,37,42)(H,38,45). The summed E-state index contributed by atoms with van der Waals surface area (Å²) >= 11 is 6.22. The molecule has 0 bridgehead atoms. The second-order valence-electron chi connectivity index (χ2n) is 14.7. The Morgan fingerprint density at radius 1 is 1.13 bits per heavy atom. The van der Waals surface area contributed by atoms with Crippen LogP contribution in [0.3, 0.4) is 0 Å². The van der Waals surface area contributed by atoms with Crippen LogP contribution in [0.4, 0.5) is 0 Å². The number of rotatable bonds is 11. The van der Waals surface area contributed by atoms with Crippen molar-refractivity contribution in [1.29, 1.82) is 0 Å². The molecule has 0 radical (unpaired) electrons. The Morgan fingerprint density at radius 2 is 1.83 bits per heavy atom.